The standard InChI is InChI=1S/C5H12O.C2H6O2/c1-5(2)3-4-6;3-1-2-4/h5-6H,3-4H2,1-2H3;3-4H,1-2H2. The Hall–Kier alpha value is -0.120. The van der Waals surface area contributed by atoms with Gasteiger partial charge in [0, 0.05) is 6.61 Å². The first-order chi connectivity index (χ1) is 4.68. The molecule has 0 fully saturated rings. The molecular formula is C7H18O3. The van der Waals surface area contributed by atoms with E-state index in [1.807, 2.05) is 0 Å². The van der Waals surface area contributed by atoms with E-state index in [9.17, 15) is 0 Å². The van der Waals surface area contributed by atoms with Crippen LogP contribution in [0.1, 0.15) is 20.3 Å². The highest BCUT2D eigenvalue weighted by atomic mass is 16.3. The lowest BCUT2D eigenvalue weighted by Gasteiger charge is -1.95. The Labute approximate surface area is 62.3 Å². The molecule has 3 N–H and O–H groups in total. The Balaban J connectivity index is 0. The number of hydrogen-bond acceptors (Lipinski definition) is 3. The van der Waals surface area contributed by atoms with Crippen LogP contribution in [-0.2, 0) is 0 Å². The van der Waals surface area contributed by atoms with Gasteiger partial charge in [0.2, 0.25) is 0 Å². The molecule has 0 saturated heterocycles. The van der Waals surface area contributed by atoms with Gasteiger partial charge in [-0.3, -0.25) is 0 Å². The summed E-state index contributed by atoms with van der Waals surface area (Å²) in [4.78, 5) is 0. The zero-order valence-electron chi connectivity index (χ0n) is 6.75. The van der Waals surface area contributed by atoms with Crippen molar-refractivity contribution in [3.05, 3.63) is 0 Å². The van der Waals surface area contributed by atoms with Crippen LogP contribution in [0.3, 0.4) is 0 Å². The Kier molecular flexibility index (Phi) is 14.6. The van der Waals surface area contributed by atoms with Gasteiger partial charge in [0.25, 0.3) is 0 Å². The lowest BCUT2D eigenvalue weighted by molar-refractivity contribution is 0.186. The lowest BCUT2D eigenvalue weighted by atomic mass is 10.2. The molecule has 0 aromatic carbocycles. The summed E-state index contributed by atoms with van der Waals surface area (Å²) in [5, 5.41) is 23.5. The minimum atomic E-state index is -0.125. The van der Waals surface area contributed by atoms with Crippen molar-refractivity contribution in [3.8, 4) is 0 Å². The fraction of sp³-hybridized carbons (Fsp3) is 1.00. The first-order valence-corrected chi connectivity index (χ1v) is 3.51. The molecule has 10 heavy (non-hydrogen) atoms. The zero-order valence-corrected chi connectivity index (χ0v) is 6.75. The van der Waals surface area contributed by atoms with Gasteiger partial charge in [-0.1, -0.05) is 13.8 Å². The van der Waals surface area contributed by atoms with Gasteiger partial charge in [-0.15, -0.1) is 0 Å². The molecule has 0 aliphatic heterocycles. The summed E-state index contributed by atoms with van der Waals surface area (Å²) < 4.78 is 0. The van der Waals surface area contributed by atoms with Crippen LogP contribution >= 0.6 is 0 Å². The van der Waals surface area contributed by atoms with E-state index < -0.39 is 0 Å². The molecule has 0 bridgehead atoms. The molecule has 0 aromatic heterocycles. The zero-order chi connectivity index (χ0) is 8.41. The van der Waals surface area contributed by atoms with Crippen molar-refractivity contribution < 1.29 is 15.3 Å². The van der Waals surface area contributed by atoms with Crippen molar-refractivity contribution >= 4 is 0 Å². The monoisotopic (exact) mass is 150 g/mol. The summed E-state index contributed by atoms with van der Waals surface area (Å²) in [6.45, 7) is 4.27. The molecule has 0 aliphatic carbocycles. The summed E-state index contributed by atoms with van der Waals surface area (Å²) >= 11 is 0. The summed E-state index contributed by atoms with van der Waals surface area (Å²) in [7, 11) is 0. The van der Waals surface area contributed by atoms with E-state index in [2.05, 4.69) is 13.8 Å². The van der Waals surface area contributed by atoms with Crippen molar-refractivity contribution in [1.82, 2.24) is 0 Å². The average Bonchev–Trinajstić information content (AvgIpc) is 1.89. The summed E-state index contributed by atoms with van der Waals surface area (Å²) in [6.07, 6.45) is 0.931. The van der Waals surface area contributed by atoms with E-state index in [0.29, 0.717) is 12.5 Å². The van der Waals surface area contributed by atoms with Gasteiger partial charge in [0.05, 0.1) is 13.2 Å². The second kappa shape index (κ2) is 11.6. The fourth-order valence-electron chi connectivity index (χ4n) is 0.258. The van der Waals surface area contributed by atoms with Crippen LogP contribution in [0.5, 0.6) is 0 Å². The second-order valence-corrected chi connectivity index (χ2v) is 2.35. The van der Waals surface area contributed by atoms with E-state index in [0.717, 1.165) is 6.42 Å². The van der Waals surface area contributed by atoms with Gasteiger partial charge in [-0.2, -0.15) is 0 Å². The van der Waals surface area contributed by atoms with E-state index in [-0.39, 0.29) is 13.2 Å². The molecule has 0 aromatic rings. The maximum Gasteiger partial charge on any atom is 0.0662 e. The van der Waals surface area contributed by atoms with Crippen LogP contribution in [-0.4, -0.2) is 35.1 Å². The molecule has 0 rings (SSSR count). The van der Waals surface area contributed by atoms with Crippen LogP contribution in [0.15, 0.2) is 0 Å². The van der Waals surface area contributed by atoms with Crippen molar-refractivity contribution in [2.24, 2.45) is 5.92 Å². The van der Waals surface area contributed by atoms with Gasteiger partial charge >= 0.3 is 0 Å². The summed E-state index contributed by atoms with van der Waals surface area (Å²) in [6, 6.07) is 0. The highest BCUT2D eigenvalue weighted by Crippen LogP contribution is 1.94. The Morgan fingerprint density at radius 1 is 0.900 bits per heavy atom. The molecule has 0 unspecified atom stereocenters. The molecular weight excluding hydrogens is 132 g/mol. The van der Waals surface area contributed by atoms with Crippen LogP contribution in [0.4, 0.5) is 0 Å². The van der Waals surface area contributed by atoms with Crippen molar-refractivity contribution in [2.75, 3.05) is 19.8 Å². The predicted octanol–water partition coefficient (Wildman–Crippen LogP) is -0.00420. The molecule has 3 heteroatoms. The molecule has 0 atom stereocenters. The number of aliphatic hydroxyl groups is 3. The number of aliphatic hydroxyl groups excluding tert-OH is 3. The van der Waals surface area contributed by atoms with E-state index in [1.165, 1.54) is 0 Å². The molecule has 0 spiro atoms. The predicted molar refractivity (Wildman–Crippen MR) is 40.7 cm³/mol. The maximum absolute atomic E-state index is 8.24. The molecule has 0 radical (unpaired) electrons. The van der Waals surface area contributed by atoms with Gasteiger partial charge in [-0.05, 0) is 12.3 Å². The van der Waals surface area contributed by atoms with Gasteiger partial charge < -0.3 is 15.3 Å². The van der Waals surface area contributed by atoms with Crippen LogP contribution in [0.2, 0.25) is 0 Å². The van der Waals surface area contributed by atoms with Crippen LogP contribution in [0.25, 0.3) is 0 Å². The van der Waals surface area contributed by atoms with Crippen LogP contribution < -0.4 is 0 Å². The maximum atomic E-state index is 8.24. The Bertz CT molecular complexity index is 44.1. The molecule has 0 aliphatic rings. The highest BCUT2D eigenvalue weighted by Gasteiger charge is 1.86. The van der Waals surface area contributed by atoms with E-state index >= 15 is 0 Å². The number of rotatable bonds is 3. The minimum Gasteiger partial charge on any atom is -0.396 e. The quantitative estimate of drug-likeness (QED) is 0.530. The first-order valence-electron chi connectivity index (χ1n) is 3.51. The molecule has 64 valence electrons. The third kappa shape index (κ3) is 24.8. The lowest BCUT2D eigenvalue weighted by Crippen LogP contribution is -1.89. The van der Waals surface area contributed by atoms with Gasteiger partial charge in [0.1, 0.15) is 0 Å². The summed E-state index contributed by atoms with van der Waals surface area (Å²) in [5.74, 6) is 0.648. The fourth-order valence-corrected chi connectivity index (χ4v) is 0.258. The SMILES string of the molecule is CC(C)CCO.OCCO. The third-order valence-corrected chi connectivity index (χ3v) is 0.806. The normalized spacial score (nSPS) is 9.00. The largest absolute Gasteiger partial charge is 0.396 e. The molecule has 0 heterocycles. The molecule has 0 amide bonds. The van der Waals surface area contributed by atoms with Crippen molar-refractivity contribution in [1.29, 1.82) is 0 Å². The van der Waals surface area contributed by atoms with Crippen molar-refractivity contribution in [2.45, 2.75) is 20.3 Å². The topological polar surface area (TPSA) is 60.7 Å². The van der Waals surface area contributed by atoms with E-state index in [4.69, 9.17) is 15.3 Å². The molecule has 3 nitrogen and oxygen atoms in total. The van der Waals surface area contributed by atoms with Crippen LogP contribution in [0, 0.1) is 5.92 Å². The van der Waals surface area contributed by atoms with E-state index in [1.54, 1.807) is 0 Å². The number of hydrogen-bond donors (Lipinski definition) is 3. The smallest absolute Gasteiger partial charge is 0.0662 e. The van der Waals surface area contributed by atoms with Gasteiger partial charge in [0.15, 0.2) is 0 Å². The van der Waals surface area contributed by atoms with Crippen molar-refractivity contribution in [3.63, 3.8) is 0 Å². The average molecular weight is 150 g/mol. The highest BCUT2D eigenvalue weighted by molar-refractivity contribution is 4.38. The molecule has 0 saturated carbocycles. The summed E-state index contributed by atoms with van der Waals surface area (Å²) in [5.41, 5.74) is 0. The van der Waals surface area contributed by atoms with Gasteiger partial charge in [-0.25, -0.2) is 0 Å². The Morgan fingerprint density at radius 2 is 1.30 bits per heavy atom. The minimum absolute atomic E-state index is 0.125. The Morgan fingerprint density at radius 3 is 1.30 bits per heavy atom. The second-order valence-electron chi connectivity index (χ2n) is 2.35. The third-order valence-electron chi connectivity index (χ3n) is 0.806. The first kappa shape index (κ1) is 12.5.